The van der Waals surface area contributed by atoms with Crippen molar-refractivity contribution in [2.45, 2.75) is 38.2 Å². The van der Waals surface area contributed by atoms with Crippen LogP contribution >= 0.6 is 11.6 Å². The molecule has 1 aromatic rings. The third-order valence-electron chi connectivity index (χ3n) is 2.23. The summed E-state index contributed by atoms with van der Waals surface area (Å²) in [6, 6.07) is 3.61. The average molecular weight is 217 g/mol. The first-order chi connectivity index (χ1) is 6.84. The second-order valence-corrected chi connectivity index (χ2v) is 3.80. The van der Waals surface area contributed by atoms with Crippen LogP contribution in [0, 0.1) is 0 Å². The van der Waals surface area contributed by atoms with Gasteiger partial charge in [0.1, 0.15) is 11.9 Å². The topological polar surface area (TPSA) is 33.4 Å². The Hall–Kier alpha value is -0.470. The highest BCUT2D eigenvalue weighted by Crippen LogP contribution is 2.19. The number of halogens is 1. The molecule has 1 N–H and O–H groups in total. The van der Waals surface area contributed by atoms with Gasteiger partial charge in [0.15, 0.2) is 0 Å². The summed E-state index contributed by atoms with van der Waals surface area (Å²) in [4.78, 5) is 0. The Morgan fingerprint density at radius 2 is 2.07 bits per heavy atom. The van der Waals surface area contributed by atoms with Gasteiger partial charge in [-0.15, -0.1) is 11.6 Å². The molecule has 1 unspecified atom stereocenters. The highest BCUT2D eigenvalue weighted by molar-refractivity contribution is 6.17. The summed E-state index contributed by atoms with van der Waals surface area (Å²) in [5.41, 5.74) is 0. The van der Waals surface area contributed by atoms with Gasteiger partial charge in [-0.25, -0.2) is 0 Å². The van der Waals surface area contributed by atoms with Gasteiger partial charge >= 0.3 is 0 Å². The summed E-state index contributed by atoms with van der Waals surface area (Å²) in [5, 5.41) is 9.65. The summed E-state index contributed by atoms with van der Waals surface area (Å²) >= 11 is 5.56. The number of hydrogen-bond donors (Lipinski definition) is 1. The predicted octanol–water partition coefficient (Wildman–Crippen LogP) is 3.50. The first-order valence-corrected chi connectivity index (χ1v) is 5.65. The Labute approximate surface area is 89.9 Å². The predicted molar refractivity (Wildman–Crippen MR) is 57.5 cm³/mol. The molecule has 0 spiro atoms. The van der Waals surface area contributed by atoms with Crippen LogP contribution < -0.4 is 0 Å². The molecular formula is C11H17ClO2. The van der Waals surface area contributed by atoms with E-state index in [1.807, 2.05) is 6.07 Å². The molecule has 1 atom stereocenters. The van der Waals surface area contributed by atoms with Crippen molar-refractivity contribution in [3.63, 3.8) is 0 Å². The van der Waals surface area contributed by atoms with Crippen LogP contribution in [0.4, 0.5) is 0 Å². The number of aliphatic hydroxyl groups is 1. The van der Waals surface area contributed by atoms with Crippen molar-refractivity contribution in [2.24, 2.45) is 0 Å². The van der Waals surface area contributed by atoms with Gasteiger partial charge in [-0.3, -0.25) is 0 Å². The monoisotopic (exact) mass is 216 g/mol. The number of alkyl halides is 1. The number of aliphatic hydroxyl groups excluding tert-OH is 1. The van der Waals surface area contributed by atoms with Crippen LogP contribution in [0.25, 0.3) is 0 Å². The van der Waals surface area contributed by atoms with E-state index in [2.05, 4.69) is 0 Å². The van der Waals surface area contributed by atoms with Crippen LogP contribution in [0.15, 0.2) is 22.8 Å². The molecule has 0 bridgehead atoms. The molecule has 2 nitrogen and oxygen atoms in total. The maximum absolute atomic E-state index is 9.65. The molecular weight excluding hydrogens is 200 g/mol. The second-order valence-electron chi connectivity index (χ2n) is 3.42. The first kappa shape index (κ1) is 11.6. The quantitative estimate of drug-likeness (QED) is 0.559. The smallest absolute Gasteiger partial charge is 0.132 e. The van der Waals surface area contributed by atoms with Gasteiger partial charge in [-0.2, -0.15) is 0 Å². The van der Waals surface area contributed by atoms with Crippen LogP contribution in [-0.2, 0) is 0 Å². The molecule has 80 valence electrons. The summed E-state index contributed by atoms with van der Waals surface area (Å²) in [6.07, 6.45) is 6.29. The van der Waals surface area contributed by atoms with Crippen LogP contribution in [0.1, 0.15) is 44.0 Å². The lowest BCUT2D eigenvalue weighted by Crippen LogP contribution is -1.95. The third-order valence-corrected chi connectivity index (χ3v) is 2.50. The molecule has 3 heteroatoms. The van der Waals surface area contributed by atoms with E-state index in [1.165, 1.54) is 0 Å². The average Bonchev–Trinajstić information content (AvgIpc) is 2.70. The Kier molecular flexibility index (Phi) is 5.72. The molecule has 0 saturated carbocycles. The molecule has 0 aromatic carbocycles. The molecule has 0 radical (unpaired) electrons. The number of rotatable bonds is 7. The van der Waals surface area contributed by atoms with Crippen LogP contribution in [0.5, 0.6) is 0 Å². The fourth-order valence-electron chi connectivity index (χ4n) is 1.41. The molecule has 0 saturated heterocycles. The Balaban J connectivity index is 2.07. The molecule has 0 aliphatic rings. The molecule has 0 aliphatic carbocycles. The van der Waals surface area contributed by atoms with Gasteiger partial charge in [0.25, 0.3) is 0 Å². The lowest BCUT2D eigenvalue weighted by atomic mass is 10.1. The van der Waals surface area contributed by atoms with E-state index in [1.54, 1.807) is 12.3 Å². The standard InChI is InChI=1S/C11H17ClO2/c12-8-4-2-1-3-6-10(13)11-7-5-9-14-11/h5,7,9-10,13H,1-4,6,8H2. The Morgan fingerprint density at radius 1 is 1.29 bits per heavy atom. The maximum Gasteiger partial charge on any atom is 0.132 e. The van der Waals surface area contributed by atoms with Crippen molar-refractivity contribution in [3.05, 3.63) is 24.2 Å². The maximum atomic E-state index is 9.65. The van der Waals surface area contributed by atoms with Crippen molar-refractivity contribution in [1.29, 1.82) is 0 Å². The van der Waals surface area contributed by atoms with Gasteiger partial charge in [-0.1, -0.05) is 19.3 Å². The summed E-state index contributed by atoms with van der Waals surface area (Å²) < 4.78 is 5.10. The van der Waals surface area contributed by atoms with E-state index in [-0.39, 0.29) is 0 Å². The van der Waals surface area contributed by atoms with Gasteiger partial charge in [0.2, 0.25) is 0 Å². The summed E-state index contributed by atoms with van der Waals surface area (Å²) in [6.45, 7) is 0. The van der Waals surface area contributed by atoms with E-state index >= 15 is 0 Å². The lowest BCUT2D eigenvalue weighted by molar-refractivity contribution is 0.137. The number of furan rings is 1. The van der Waals surface area contributed by atoms with Gasteiger partial charge in [0, 0.05) is 5.88 Å². The zero-order chi connectivity index (χ0) is 10.2. The molecule has 0 fully saturated rings. The zero-order valence-electron chi connectivity index (χ0n) is 8.29. The van der Waals surface area contributed by atoms with Crippen molar-refractivity contribution >= 4 is 11.6 Å². The Morgan fingerprint density at radius 3 is 2.71 bits per heavy atom. The molecule has 14 heavy (non-hydrogen) atoms. The van der Waals surface area contributed by atoms with E-state index in [0.29, 0.717) is 5.76 Å². The zero-order valence-corrected chi connectivity index (χ0v) is 9.04. The minimum Gasteiger partial charge on any atom is -0.467 e. The second kappa shape index (κ2) is 6.91. The fraction of sp³-hybridized carbons (Fsp3) is 0.636. The molecule has 0 amide bonds. The Bertz CT molecular complexity index is 221. The van der Waals surface area contributed by atoms with E-state index < -0.39 is 6.10 Å². The van der Waals surface area contributed by atoms with Gasteiger partial charge in [0.05, 0.1) is 6.26 Å². The van der Waals surface area contributed by atoms with E-state index in [9.17, 15) is 5.11 Å². The third kappa shape index (κ3) is 4.16. The van der Waals surface area contributed by atoms with Crippen LogP contribution in [0.3, 0.4) is 0 Å². The first-order valence-electron chi connectivity index (χ1n) is 5.12. The van der Waals surface area contributed by atoms with Gasteiger partial charge < -0.3 is 9.52 Å². The highest BCUT2D eigenvalue weighted by atomic mass is 35.5. The lowest BCUT2D eigenvalue weighted by Gasteiger charge is -2.06. The number of unbranched alkanes of at least 4 members (excludes halogenated alkanes) is 3. The van der Waals surface area contributed by atoms with Crippen molar-refractivity contribution in [2.75, 3.05) is 5.88 Å². The van der Waals surface area contributed by atoms with E-state index in [4.69, 9.17) is 16.0 Å². The van der Waals surface area contributed by atoms with Gasteiger partial charge in [-0.05, 0) is 25.0 Å². The normalized spacial score (nSPS) is 13.0. The molecule has 0 aliphatic heterocycles. The van der Waals surface area contributed by atoms with Crippen LogP contribution in [0.2, 0.25) is 0 Å². The SMILES string of the molecule is OC(CCCCCCCl)c1ccco1. The number of hydrogen-bond acceptors (Lipinski definition) is 2. The van der Waals surface area contributed by atoms with Crippen molar-refractivity contribution in [1.82, 2.24) is 0 Å². The highest BCUT2D eigenvalue weighted by Gasteiger charge is 2.08. The van der Waals surface area contributed by atoms with Crippen molar-refractivity contribution < 1.29 is 9.52 Å². The van der Waals surface area contributed by atoms with E-state index in [0.717, 1.165) is 38.0 Å². The minimum atomic E-state index is -0.444. The van der Waals surface area contributed by atoms with Crippen molar-refractivity contribution in [3.8, 4) is 0 Å². The minimum absolute atomic E-state index is 0.444. The van der Waals surface area contributed by atoms with Crippen LogP contribution in [-0.4, -0.2) is 11.0 Å². The summed E-state index contributed by atoms with van der Waals surface area (Å²) in [5.74, 6) is 1.41. The summed E-state index contributed by atoms with van der Waals surface area (Å²) in [7, 11) is 0. The largest absolute Gasteiger partial charge is 0.467 e. The molecule has 1 aromatic heterocycles. The molecule has 1 heterocycles. The fourth-order valence-corrected chi connectivity index (χ4v) is 1.60. The molecule has 1 rings (SSSR count).